The minimum Gasteiger partial charge on any atom is -0.489 e. The average Bonchev–Trinajstić information content (AvgIpc) is 4.01. The lowest BCUT2D eigenvalue weighted by Gasteiger charge is -2.27. The number of rotatable bonds is 24. The Hall–Kier alpha value is -7.84. The van der Waals surface area contributed by atoms with Gasteiger partial charge >= 0.3 is 13.9 Å². The van der Waals surface area contributed by atoms with Gasteiger partial charge in [-0.3, -0.25) is 28.5 Å². The minimum atomic E-state index is -5.28. The van der Waals surface area contributed by atoms with Crippen LogP contribution in [0.15, 0.2) is 128 Å². The van der Waals surface area contributed by atoms with E-state index in [1.54, 1.807) is 85.1 Å². The maximum absolute atomic E-state index is 14.5. The molecule has 69 heavy (non-hydrogen) atoms. The fourth-order valence-electron chi connectivity index (χ4n) is 6.93. The van der Waals surface area contributed by atoms with E-state index in [1.807, 2.05) is 30.3 Å². The molecule has 0 unspecified atom stereocenters. The van der Waals surface area contributed by atoms with Gasteiger partial charge in [0.2, 0.25) is 29.5 Å². The summed E-state index contributed by atoms with van der Waals surface area (Å²) in [5.41, 5.74) is 9.24. The van der Waals surface area contributed by atoms with Crippen LogP contribution in [0.5, 0.6) is 5.75 Å². The number of amides is 6. The predicted molar refractivity (Wildman–Crippen MR) is 249 cm³/mol. The number of aromatic amines is 2. The molecule has 2 heterocycles. The van der Waals surface area contributed by atoms with Crippen LogP contribution in [-0.4, -0.2) is 97.2 Å². The molecule has 0 aliphatic carbocycles. The molecule has 0 radical (unpaired) electrons. The first kappa shape index (κ1) is 50.6. The smallest absolute Gasteiger partial charge is 0.469 e. The molecule has 0 aliphatic rings. The summed E-state index contributed by atoms with van der Waals surface area (Å²) in [7, 11) is -5.28. The van der Waals surface area contributed by atoms with Crippen LogP contribution in [0, 0.1) is 0 Å². The van der Waals surface area contributed by atoms with Gasteiger partial charge in [-0.25, -0.2) is 14.3 Å². The molecule has 0 fully saturated rings. The number of aromatic nitrogens is 3. The molecule has 21 nitrogen and oxygen atoms in total. The Balaban J connectivity index is 1.26. The number of phosphoric ester groups is 1. The van der Waals surface area contributed by atoms with Crippen molar-refractivity contribution >= 4 is 54.4 Å². The van der Waals surface area contributed by atoms with E-state index in [-0.39, 0.29) is 32.5 Å². The van der Waals surface area contributed by atoms with Gasteiger partial charge in [-0.05, 0) is 47.4 Å². The second kappa shape index (κ2) is 24.3. The molecular weight excluding hydrogens is 914 g/mol. The molecule has 0 spiro atoms. The van der Waals surface area contributed by atoms with Gasteiger partial charge in [0.1, 0.15) is 49.2 Å². The van der Waals surface area contributed by atoms with Crippen molar-refractivity contribution in [3.8, 4) is 5.75 Å². The molecular formula is C47H52N9O12P. The Kier molecular flexibility index (Phi) is 17.8. The van der Waals surface area contributed by atoms with Crippen molar-refractivity contribution in [2.75, 3.05) is 6.61 Å². The number of H-pyrrole nitrogens is 2. The number of nitrogens with two attached hydrogens (primary N) is 1. The first-order valence-corrected chi connectivity index (χ1v) is 23.1. The van der Waals surface area contributed by atoms with Gasteiger partial charge < -0.3 is 61.5 Å². The van der Waals surface area contributed by atoms with Crippen LogP contribution < -0.4 is 37.1 Å². The van der Waals surface area contributed by atoms with E-state index < -0.39 is 80.3 Å². The third kappa shape index (κ3) is 15.9. The van der Waals surface area contributed by atoms with Gasteiger partial charge in [0, 0.05) is 48.3 Å². The molecule has 6 amide bonds. The topological polar surface area (TPSA) is 318 Å². The maximum atomic E-state index is 14.5. The molecule has 11 N–H and O–H groups in total. The van der Waals surface area contributed by atoms with Crippen molar-refractivity contribution in [2.45, 2.75) is 69.6 Å². The number of fused-ring (bicyclic) bond motifs is 1. The molecule has 2 aromatic heterocycles. The number of carbonyl (C=O) groups excluding carboxylic acids is 6. The van der Waals surface area contributed by atoms with Crippen LogP contribution in [0.4, 0.5) is 4.79 Å². The van der Waals surface area contributed by atoms with Crippen molar-refractivity contribution < 1.29 is 57.1 Å². The van der Waals surface area contributed by atoms with Crippen molar-refractivity contribution in [3.05, 3.63) is 156 Å². The summed E-state index contributed by atoms with van der Waals surface area (Å²) in [6.07, 6.45) is 2.97. The Labute approximate surface area is 395 Å². The van der Waals surface area contributed by atoms with Gasteiger partial charge in [0.15, 0.2) is 0 Å². The summed E-state index contributed by atoms with van der Waals surface area (Å²) >= 11 is 0. The van der Waals surface area contributed by atoms with E-state index >= 15 is 0 Å². The number of alkyl carbamates (subject to hydrolysis) is 1. The number of hydrogen-bond acceptors (Lipinski definition) is 11. The highest BCUT2D eigenvalue weighted by atomic mass is 31.2. The highest BCUT2D eigenvalue weighted by molar-refractivity contribution is 7.46. The molecule has 0 saturated heterocycles. The molecule has 6 rings (SSSR count). The number of benzene rings is 4. The normalized spacial score (nSPS) is 13.4. The van der Waals surface area contributed by atoms with Gasteiger partial charge in [0.05, 0.1) is 12.9 Å². The van der Waals surface area contributed by atoms with Gasteiger partial charge in [-0.15, -0.1) is 0 Å². The largest absolute Gasteiger partial charge is 0.489 e. The molecule has 362 valence electrons. The number of primary amides is 1. The molecule has 0 saturated carbocycles. The number of para-hydroxylation sites is 1. The van der Waals surface area contributed by atoms with Crippen molar-refractivity contribution in [1.82, 2.24) is 41.5 Å². The lowest BCUT2D eigenvalue weighted by Crippen LogP contribution is -2.60. The average molecular weight is 966 g/mol. The monoisotopic (exact) mass is 965 g/mol. The van der Waals surface area contributed by atoms with Crippen LogP contribution in [-0.2, 0) is 70.3 Å². The van der Waals surface area contributed by atoms with E-state index in [0.717, 1.165) is 11.1 Å². The Morgan fingerprint density at radius 3 is 1.84 bits per heavy atom. The zero-order valence-electron chi connectivity index (χ0n) is 37.2. The molecule has 6 aromatic rings. The second-order valence-corrected chi connectivity index (χ2v) is 17.1. The lowest BCUT2D eigenvalue weighted by atomic mass is 10.0. The highest BCUT2D eigenvalue weighted by Crippen LogP contribution is 2.35. The first-order chi connectivity index (χ1) is 33.1. The van der Waals surface area contributed by atoms with Crippen LogP contribution >= 0.6 is 7.82 Å². The number of imidazole rings is 1. The second-order valence-electron chi connectivity index (χ2n) is 15.8. The van der Waals surface area contributed by atoms with Crippen LogP contribution in [0.25, 0.3) is 10.9 Å². The van der Waals surface area contributed by atoms with Crippen LogP contribution in [0.3, 0.4) is 0 Å². The summed E-state index contributed by atoms with van der Waals surface area (Å²) in [6.45, 7) is 0.390. The quantitative estimate of drug-likeness (QED) is 0.0390. The van der Waals surface area contributed by atoms with Crippen molar-refractivity contribution in [1.29, 1.82) is 0 Å². The number of hydrogen-bond donors (Lipinski definition) is 10. The van der Waals surface area contributed by atoms with Gasteiger partial charge in [0.25, 0.3) is 0 Å². The van der Waals surface area contributed by atoms with Crippen molar-refractivity contribution in [3.63, 3.8) is 0 Å². The third-order valence-electron chi connectivity index (χ3n) is 10.6. The van der Waals surface area contributed by atoms with Crippen LogP contribution in [0.2, 0.25) is 0 Å². The highest BCUT2D eigenvalue weighted by Gasteiger charge is 2.34. The zero-order valence-corrected chi connectivity index (χ0v) is 38.1. The minimum absolute atomic E-state index is 0.115. The molecule has 5 atom stereocenters. The SMILES string of the molecule is C[C@@H](NC(=O)[C@H](Cc1c[nH]c2ccccc12)NC(=O)[C@H](COP(=O)(O)O)NC(=O)[C@H](Cc1ccc(OCc2ccccc2)cc1)NC(=O)[C@H](Cc1cnc[nH]1)NC(=O)OCc1ccccc1)C(N)=O. The lowest BCUT2D eigenvalue weighted by molar-refractivity contribution is -0.135. The summed E-state index contributed by atoms with van der Waals surface area (Å²) in [6, 6.07) is 24.6. The molecule has 0 aliphatic heterocycles. The van der Waals surface area contributed by atoms with E-state index in [2.05, 4.69) is 41.5 Å². The van der Waals surface area contributed by atoms with E-state index in [0.29, 0.717) is 33.5 Å². The number of nitrogens with one attached hydrogen (secondary N) is 7. The third-order valence-corrected chi connectivity index (χ3v) is 11.1. The van der Waals surface area contributed by atoms with Crippen molar-refractivity contribution in [2.24, 2.45) is 5.73 Å². The number of phosphoric acid groups is 1. The summed E-state index contributed by atoms with van der Waals surface area (Å²) in [4.78, 5) is 111. The standard InChI is InChI=1S/C47H52N9O12P/c1-29(42(48)57)52-43(58)39(21-33-23-50-37-15-9-8-14-36(33)37)54-46(61)41(27-68-69(63,64)65)55-44(59)38(20-30-16-18-35(19-17-30)66-25-31-10-4-2-5-11-31)53-45(60)40(22-34-24-49-28-51-34)56-47(62)67-26-32-12-6-3-7-13-32/h2-19,23-24,28-29,38-41,50H,20-22,25-27H2,1H3,(H2,48,57)(H,49,51)(H,52,58)(H,53,60)(H,54,61)(H,55,59)(H,56,62)(H2,63,64,65)/t29-,38+,39+,40+,41+/m1/s1. The van der Waals surface area contributed by atoms with Gasteiger partial charge in [-0.2, -0.15) is 0 Å². The Morgan fingerprint density at radius 2 is 1.22 bits per heavy atom. The van der Waals surface area contributed by atoms with Gasteiger partial charge in [-0.1, -0.05) is 91.0 Å². The maximum Gasteiger partial charge on any atom is 0.469 e. The molecule has 0 bridgehead atoms. The predicted octanol–water partition coefficient (Wildman–Crippen LogP) is 2.35. The van der Waals surface area contributed by atoms with Crippen LogP contribution in [0.1, 0.15) is 34.9 Å². The molecule has 4 aromatic carbocycles. The van der Waals surface area contributed by atoms with E-state index in [4.69, 9.17) is 19.7 Å². The Morgan fingerprint density at radius 1 is 0.652 bits per heavy atom. The number of ether oxygens (including phenoxy) is 2. The summed E-state index contributed by atoms with van der Waals surface area (Å²) in [5.74, 6) is -4.25. The zero-order chi connectivity index (χ0) is 49.3. The fraction of sp³-hybridized carbons (Fsp3) is 0.255. The molecule has 22 heteroatoms. The number of nitrogens with zero attached hydrogens (tertiary/aromatic N) is 1. The van der Waals surface area contributed by atoms with E-state index in [9.17, 15) is 43.1 Å². The number of carbonyl (C=O) groups is 6. The fourth-order valence-corrected chi connectivity index (χ4v) is 7.27. The Bertz CT molecular complexity index is 2720. The summed E-state index contributed by atoms with van der Waals surface area (Å²) in [5, 5.41) is 13.3. The first-order valence-electron chi connectivity index (χ1n) is 21.6. The van der Waals surface area contributed by atoms with E-state index in [1.165, 1.54) is 19.4 Å². The summed E-state index contributed by atoms with van der Waals surface area (Å²) < 4.78 is 28.0.